The Morgan fingerprint density at radius 2 is 1.84 bits per heavy atom. The molecule has 0 bridgehead atoms. The Labute approximate surface area is 186 Å². The minimum Gasteiger partial charge on any atom is -0.493 e. The van der Waals surface area contributed by atoms with E-state index in [1.165, 1.54) is 0 Å². The van der Waals surface area contributed by atoms with Crippen molar-refractivity contribution in [1.82, 2.24) is 9.80 Å². The van der Waals surface area contributed by atoms with Crippen LogP contribution in [0.1, 0.15) is 38.2 Å². The van der Waals surface area contributed by atoms with Gasteiger partial charge in [0.2, 0.25) is 5.91 Å². The van der Waals surface area contributed by atoms with Gasteiger partial charge in [-0.05, 0) is 55.9 Å². The van der Waals surface area contributed by atoms with Gasteiger partial charge in [0.25, 0.3) is 0 Å². The van der Waals surface area contributed by atoms with Gasteiger partial charge < -0.3 is 14.1 Å². The summed E-state index contributed by atoms with van der Waals surface area (Å²) < 4.78 is 12.0. The van der Waals surface area contributed by atoms with Crippen LogP contribution in [0.2, 0.25) is 0 Å². The molecule has 1 amide bonds. The highest BCUT2D eigenvalue weighted by molar-refractivity contribution is 5.78. The molecule has 2 fully saturated rings. The second kappa shape index (κ2) is 9.90. The molecule has 0 saturated carbocycles. The molecule has 0 N–H and O–H groups in total. The molecular weight excluding hydrogens is 388 g/mol. The van der Waals surface area contributed by atoms with Crippen LogP contribution in [-0.4, -0.2) is 48.5 Å². The highest BCUT2D eigenvalue weighted by Gasteiger charge is 2.40. The van der Waals surface area contributed by atoms with E-state index in [1.54, 1.807) is 0 Å². The lowest BCUT2D eigenvalue weighted by atomic mass is 9.78. The molecule has 0 unspecified atom stereocenters. The maximum Gasteiger partial charge on any atom is 0.225 e. The number of carbonyl (C=O) groups excluding carboxylic acids is 1. The first-order valence-electron chi connectivity index (χ1n) is 11.7. The van der Waals surface area contributed by atoms with Crippen molar-refractivity contribution in [3.8, 4) is 5.75 Å². The van der Waals surface area contributed by atoms with E-state index in [9.17, 15) is 4.79 Å². The lowest BCUT2D eigenvalue weighted by Crippen LogP contribution is -2.43. The fourth-order valence-electron chi connectivity index (χ4n) is 5.25. The van der Waals surface area contributed by atoms with E-state index in [-0.39, 0.29) is 5.92 Å². The van der Waals surface area contributed by atoms with Crippen molar-refractivity contribution >= 4 is 5.91 Å². The number of amides is 1. The Morgan fingerprint density at radius 1 is 1.10 bits per heavy atom. The van der Waals surface area contributed by atoms with Crippen molar-refractivity contribution in [2.45, 2.75) is 40.2 Å². The molecule has 0 spiro atoms. The molecule has 5 heteroatoms. The second-order valence-corrected chi connectivity index (χ2v) is 9.57. The Balaban J connectivity index is 1.40. The summed E-state index contributed by atoms with van der Waals surface area (Å²) in [7, 11) is 0. The Kier molecular flexibility index (Phi) is 7.01. The summed E-state index contributed by atoms with van der Waals surface area (Å²) in [5.74, 6) is 5.06. The van der Waals surface area contributed by atoms with Crippen molar-refractivity contribution < 1.29 is 13.9 Å². The Hall–Kier alpha value is -2.27. The molecule has 2 aromatic rings. The third kappa shape index (κ3) is 5.51. The fourth-order valence-corrected chi connectivity index (χ4v) is 5.25. The van der Waals surface area contributed by atoms with Crippen molar-refractivity contribution in [2.24, 2.45) is 23.7 Å². The van der Waals surface area contributed by atoms with Crippen LogP contribution in [0.15, 0.2) is 46.9 Å². The number of likely N-dealkylation sites (tertiary alicyclic amines) is 2. The van der Waals surface area contributed by atoms with E-state index in [2.05, 4.69) is 15.9 Å². The molecule has 2 aliphatic heterocycles. The summed E-state index contributed by atoms with van der Waals surface area (Å²) in [4.78, 5) is 17.0. The van der Waals surface area contributed by atoms with E-state index in [4.69, 9.17) is 9.15 Å². The monoisotopic (exact) mass is 424 g/mol. The van der Waals surface area contributed by atoms with Crippen LogP contribution in [-0.2, 0) is 11.3 Å². The van der Waals surface area contributed by atoms with Gasteiger partial charge in [-0.25, -0.2) is 0 Å². The summed E-state index contributed by atoms with van der Waals surface area (Å²) in [6, 6.07) is 14.3. The smallest absolute Gasteiger partial charge is 0.225 e. The molecule has 2 saturated heterocycles. The van der Waals surface area contributed by atoms with Crippen LogP contribution in [0, 0.1) is 30.6 Å². The number of carbonyl (C=O) groups is 1. The molecule has 1 aromatic heterocycles. The summed E-state index contributed by atoms with van der Waals surface area (Å²) in [6.45, 7) is 11.5. The van der Waals surface area contributed by atoms with Gasteiger partial charge in [-0.1, -0.05) is 32.0 Å². The van der Waals surface area contributed by atoms with Gasteiger partial charge >= 0.3 is 0 Å². The van der Waals surface area contributed by atoms with Crippen molar-refractivity contribution in [3.63, 3.8) is 0 Å². The number of ether oxygens (including phenoxy) is 1. The van der Waals surface area contributed by atoms with E-state index in [1.807, 2.05) is 57.2 Å². The lowest BCUT2D eigenvalue weighted by Gasteiger charge is -2.37. The molecule has 4 rings (SSSR count). The number of aryl methyl sites for hydroxylation is 1. The average Bonchev–Trinajstić information content (AvgIpc) is 3.38. The van der Waals surface area contributed by atoms with Crippen LogP contribution >= 0.6 is 0 Å². The zero-order valence-electron chi connectivity index (χ0n) is 19.1. The van der Waals surface area contributed by atoms with Crippen LogP contribution in [0.5, 0.6) is 5.75 Å². The van der Waals surface area contributed by atoms with Crippen LogP contribution in [0.3, 0.4) is 0 Å². The molecule has 0 radical (unpaired) electrons. The quantitative estimate of drug-likeness (QED) is 0.651. The number of rotatable bonds is 7. The topological polar surface area (TPSA) is 45.9 Å². The molecule has 2 atom stereocenters. The van der Waals surface area contributed by atoms with Gasteiger partial charge in [0, 0.05) is 38.0 Å². The van der Waals surface area contributed by atoms with Gasteiger partial charge in [0.05, 0.1) is 13.2 Å². The summed E-state index contributed by atoms with van der Waals surface area (Å²) in [6.07, 6.45) is 2.19. The molecule has 5 nitrogen and oxygen atoms in total. The van der Waals surface area contributed by atoms with Gasteiger partial charge in [-0.15, -0.1) is 0 Å². The van der Waals surface area contributed by atoms with Crippen molar-refractivity contribution in [3.05, 3.63) is 54.0 Å². The van der Waals surface area contributed by atoms with E-state index in [0.717, 1.165) is 69.4 Å². The number of hydrogen-bond donors (Lipinski definition) is 0. The summed E-state index contributed by atoms with van der Waals surface area (Å²) in [5.41, 5.74) is 0. The first-order valence-corrected chi connectivity index (χ1v) is 11.7. The zero-order chi connectivity index (χ0) is 21.8. The maximum atomic E-state index is 12.4. The predicted octanol–water partition coefficient (Wildman–Crippen LogP) is 4.61. The third-order valence-electron chi connectivity index (χ3n) is 6.90. The zero-order valence-corrected chi connectivity index (χ0v) is 19.1. The minimum atomic E-state index is 0.0855. The molecular formula is C26H36N2O3. The minimum absolute atomic E-state index is 0.0855. The number of nitrogens with zero attached hydrogens (tertiary/aromatic N) is 2. The second-order valence-electron chi connectivity index (χ2n) is 9.57. The van der Waals surface area contributed by atoms with Gasteiger partial charge in [0.1, 0.15) is 17.3 Å². The summed E-state index contributed by atoms with van der Waals surface area (Å²) >= 11 is 0. The molecule has 1 aromatic carbocycles. The first-order chi connectivity index (χ1) is 15.0. The fraction of sp³-hybridized carbons (Fsp3) is 0.577. The van der Waals surface area contributed by atoms with Gasteiger partial charge in [0.15, 0.2) is 0 Å². The van der Waals surface area contributed by atoms with Crippen LogP contribution < -0.4 is 4.74 Å². The van der Waals surface area contributed by atoms with E-state index in [0.29, 0.717) is 23.7 Å². The summed E-state index contributed by atoms with van der Waals surface area (Å²) in [5, 5.41) is 0. The average molecular weight is 425 g/mol. The van der Waals surface area contributed by atoms with Gasteiger partial charge in [-0.3, -0.25) is 9.69 Å². The first kappa shape index (κ1) is 21.9. The van der Waals surface area contributed by atoms with E-state index < -0.39 is 0 Å². The molecule has 3 heterocycles. The third-order valence-corrected chi connectivity index (χ3v) is 6.90. The molecule has 2 aliphatic rings. The maximum absolute atomic E-state index is 12.4. The number of piperidine rings is 1. The highest BCUT2D eigenvalue weighted by Crippen LogP contribution is 2.37. The highest BCUT2D eigenvalue weighted by atomic mass is 16.5. The van der Waals surface area contributed by atoms with Gasteiger partial charge in [-0.2, -0.15) is 0 Å². The van der Waals surface area contributed by atoms with Crippen LogP contribution in [0.25, 0.3) is 0 Å². The number of para-hydroxylation sites is 1. The number of hydrogen-bond acceptors (Lipinski definition) is 4. The van der Waals surface area contributed by atoms with Crippen molar-refractivity contribution in [2.75, 3.05) is 32.8 Å². The SMILES string of the molecule is Cc1ccc(CN2C[C@@H](COc3ccccc3)[C@H](C3CCN(C(=O)C(C)C)CC3)C2)o1. The molecule has 168 valence electrons. The Morgan fingerprint density at radius 3 is 2.48 bits per heavy atom. The largest absolute Gasteiger partial charge is 0.493 e. The number of furan rings is 1. The number of benzene rings is 1. The van der Waals surface area contributed by atoms with E-state index >= 15 is 0 Å². The lowest BCUT2D eigenvalue weighted by molar-refractivity contribution is -0.136. The standard InChI is InChI=1S/C26H36N2O3/c1-19(2)26(29)28-13-11-21(12-14-28)25-17-27(16-24-10-9-20(3)31-24)15-22(25)18-30-23-7-5-4-6-8-23/h4-10,19,21-22,25H,11-18H2,1-3H3/t22-,25-/m0/s1. The predicted molar refractivity (Wildman–Crippen MR) is 122 cm³/mol. The molecule has 0 aliphatic carbocycles. The van der Waals surface area contributed by atoms with Crippen LogP contribution in [0.4, 0.5) is 0 Å². The Bertz CT molecular complexity index is 839. The normalized spacial score (nSPS) is 22.9. The molecule has 31 heavy (non-hydrogen) atoms. The van der Waals surface area contributed by atoms with Crippen molar-refractivity contribution in [1.29, 1.82) is 0 Å².